The molecule has 0 aromatic heterocycles. The average Bonchev–Trinajstić information content (AvgIpc) is 2.86. The van der Waals surface area contributed by atoms with E-state index in [1.54, 1.807) is 6.07 Å². The molecule has 0 saturated carbocycles. The van der Waals surface area contributed by atoms with Crippen molar-refractivity contribution < 1.29 is 9.18 Å². The van der Waals surface area contributed by atoms with E-state index in [-0.39, 0.29) is 17.3 Å². The van der Waals surface area contributed by atoms with Crippen molar-refractivity contribution in [3.63, 3.8) is 0 Å². The zero-order chi connectivity index (χ0) is 23.5. The number of likely N-dealkylation sites (tertiary alicyclic amines) is 1. The number of amides is 1. The molecule has 1 saturated heterocycles. The Hall–Kier alpha value is -3.50. The van der Waals surface area contributed by atoms with E-state index in [1.165, 1.54) is 11.6 Å². The van der Waals surface area contributed by atoms with Gasteiger partial charge < -0.3 is 5.32 Å². The molecule has 0 bridgehead atoms. The molecule has 3 nitrogen and oxygen atoms in total. The maximum Gasteiger partial charge on any atom is 0.252 e. The Balaban J connectivity index is 1.23. The van der Waals surface area contributed by atoms with Crippen molar-refractivity contribution >= 4 is 16.7 Å². The van der Waals surface area contributed by atoms with Gasteiger partial charge in [0, 0.05) is 30.7 Å². The summed E-state index contributed by atoms with van der Waals surface area (Å²) >= 11 is 0. The van der Waals surface area contributed by atoms with Crippen LogP contribution in [0, 0.1) is 5.82 Å². The van der Waals surface area contributed by atoms with E-state index >= 15 is 0 Å². The molecular formula is C30H29FN2O. The van der Waals surface area contributed by atoms with Crippen LogP contribution >= 0.6 is 0 Å². The number of nitrogens with one attached hydrogen (secondary N) is 1. The molecule has 1 aliphatic heterocycles. The quantitative estimate of drug-likeness (QED) is 0.378. The van der Waals surface area contributed by atoms with Gasteiger partial charge in [-0.1, -0.05) is 66.7 Å². The van der Waals surface area contributed by atoms with E-state index < -0.39 is 0 Å². The van der Waals surface area contributed by atoms with Gasteiger partial charge in [-0.3, -0.25) is 9.69 Å². The summed E-state index contributed by atoms with van der Waals surface area (Å²) in [6.07, 6.45) is 1.79. The van der Waals surface area contributed by atoms with E-state index in [4.69, 9.17) is 0 Å². The highest BCUT2D eigenvalue weighted by Gasteiger charge is 2.32. The van der Waals surface area contributed by atoms with Gasteiger partial charge in [-0.2, -0.15) is 0 Å². The van der Waals surface area contributed by atoms with Gasteiger partial charge in [0.2, 0.25) is 0 Å². The lowest BCUT2D eigenvalue weighted by atomic mass is 9.88. The summed E-state index contributed by atoms with van der Waals surface area (Å²) in [4.78, 5) is 15.7. The summed E-state index contributed by atoms with van der Waals surface area (Å²) in [7, 11) is 0. The molecule has 0 atom stereocenters. The smallest absolute Gasteiger partial charge is 0.252 e. The second-order valence-electron chi connectivity index (χ2n) is 9.53. The molecule has 34 heavy (non-hydrogen) atoms. The molecule has 5 rings (SSSR count). The first-order valence-corrected chi connectivity index (χ1v) is 11.9. The fourth-order valence-electron chi connectivity index (χ4n) is 4.84. The first-order chi connectivity index (χ1) is 16.5. The van der Waals surface area contributed by atoms with Crippen molar-refractivity contribution in [1.29, 1.82) is 0 Å². The van der Waals surface area contributed by atoms with Gasteiger partial charge in [0.1, 0.15) is 5.82 Å². The van der Waals surface area contributed by atoms with Crippen LogP contribution in [0.2, 0.25) is 0 Å². The minimum absolute atomic E-state index is 0.0165. The molecule has 1 fully saturated rings. The van der Waals surface area contributed by atoms with E-state index in [0.717, 1.165) is 54.4 Å². The number of piperidine rings is 1. The lowest BCUT2D eigenvalue weighted by Gasteiger charge is -2.40. The van der Waals surface area contributed by atoms with Crippen LogP contribution < -0.4 is 5.32 Å². The molecule has 1 amide bonds. The van der Waals surface area contributed by atoms with Crippen molar-refractivity contribution in [2.75, 3.05) is 13.1 Å². The number of benzene rings is 4. The van der Waals surface area contributed by atoms with Crippen LogP contribution in [0.4, 0.5) is 4.39 Å². The molecule has 172 valence electrons. The maximum absolute atomic E-state index is 13.5. The van der Waals surface area contributed by atoms with E-state index in [9.17, 15) is 9.18 Å². The van der Waals surface area contributed by atoms with E-state index in [1.807, 2.05) is 66.7 Å². The van der Waals surface area contributed by atoms with E-state index in [0.29, 0.717) is 5.56 Å². The molecule has 0 radical (unpaired) electrons. The number of rotatable bonds is 5. The SMILES string of the molecule is CC1(NC(=O)c2ccccc2-c2ccccc2)CCN(Cc2ccc3cc(F)ccc3c2)CC1. The molecular weight excluding hydrogens is 423 g/mol. The summed E-state index contributed by atoms with van der Waals surface area (Å²) in [5.41, 5.74) is 3.70. The molecule has 0 aliphatic carbocycles. The zero-order valence-corrected chi connectivity index (χ0v) is 19.4. The third kappa shape index (κ3) is 4.87. The van der Waals surface area contributed by atoms with Crippen LogP contribution in [0.1, 0.15) is 35.7 Å². The van der Waals surface area contributed by atoms with Crippen molar-refractivity contribution in [3.8, 4) is 11.1 Å². The van der Waals surface area contributed by atoms with Gasteiger partial charge in [0.15, 0.2) is 0 Å². The number of halogens is 1. The first kappa shape index (κ1) is 22.3. The normalized spacial score (nSPS) is 15.8. The lowest BCUT2D eigenvalue weighted by Crippen LogP contribution is -2.53. The molecule has 4 aromatic carbocycles. The standard InChI is InChI=1S/C30H29FN2O/c1-30(32-29(34)28-10-6-5-9-27(28)23-7-3-2-4-8-23)15-17-33(18-16-30)21-22-11-12-25-20-26(31)14-13-24(25)19-22/h2-14,19-20H,15-18,21H2,1H3,(H,32,34). The van der Waals surface area contributed by atoms with Crippen LogP contribution in [-0.2, 0) is 6.54 Å². The summed E-state index contributed by atoms with van der Waals surface area (Å²) in [5.74, 6) is -0.221. The Morgan fingerprint density at radius 1 is 0.882 bits per heavy atom. The maximum atomic E-state index is 13.5. The Morgan fingerprint density at radius 2 is 1.56 bits per heavy atom. The van der Waals surface area contributed by atoms with Gasteiger partial charge in [-0.15, -0.1) is 0 Å². The Morgan fingerprint density at radius 3 is 2.35 bits per heavy atom. The predicted octanol–water partition coefficient (Wildman–Crippen LogP) is 6.43. The molecule has 1 heterocycles. The number of fused-ring (bicyclic) bond motifs is 1. The van der Waals surface area contributed by atoms with Crippen molar-refractivity contribution in [1.82, 2.24) is 10.2 Å². The van der Waals surface area contributed by atoms with Crippen LogP contribution in [0.3, 0.4) is 0 Å². The van der Waals surface area contributed by atoms with Crippen LogP contribution in [0.5, 0.6) is 0 Å². The molecule has 1 N–H and O–H groups in total. The fourth-order valence-corrected chi connectivity index (χ4v) is 4.84. The number of carbonyl (C=O) groups excluding carboxylic acids is 1. The highest BCUT2D eigenvalue weighted by Crippen LogP contribution is 2.27. The lowest BCUT2D eigenvalue weighted by molar-refractivity contribution is 0.0828. The minimum Gasteiger partial charge on any atom is -0.347 e. The first-order valence-electron chi connectivity index (χ1n) is 11.9. The van der Waals surface area contributed by atoms with Crippen molar-refractivity contribution in [2.24, 2.45) is 0 Å². The van der Waals surface area contributed by atoms with Gasteiger partial charge in [0.05, 0.1) is 0 Å². The largest absolute Gasteiger partial charge is 0.347 e. The second-order valence-corrected chi connectivity index (χ2v) is 9.53. The molecule has 4 heteroatoms. The molecule has 1 aliphatic rings. The average molecular weight is 453 g/mol. The van der Waals surface area contributed by atoms with Crippen LogP contribution in [-0.4, -0.2) is 29.4 Å². The van der Waals surface area contributed by atoms with Crippen molar-refractivity contribution in [3.05, 3.63) is 108 Å². The molecule has 0 spiro atoms. The number of hydrogen-bond acceptors (Lipinski definition) is 2. The summed E-state index contributed by atoms with van der Waals surface area (Å²) in [6, 6.07) is 29.0. The Kier molecular flexibility index (Phi) is 6.16. The highest BCUT2D eigenvalue weighted by molar-refractivity contribution is 6.01. The van der Waals surface area contributed by atoms with Crippen LogP contribution in [0.25, 0.3) is 21.9 Å². The topological polar surface area (TPSA) is 32.3 Å². The minimum atomic E-state index is -0.238. The van der Waals surface area contributed by atoms with Crippen LogP contribution in [0.15, 0.2) is 91.0 Å². The highest BCUT2D eigenvalue weighted by atomic mass is 19.1. The number of hydrogen-bond donors (Lipinski definition) is 1. The fraction of sp³-hybridized carbons (Fsp3) is 0.233. The van der Waals surface area contributed by atoms with Crippen molar-refractivity contribution in [2.45, 2.75) is 31.8 Å². The summed E-state index contributed by atoms with van der Waals surface area (Å²) in [5, 5.41) is 5.32. The summed E-state index contributed by atoms with van der Waals surface area (Å²) in [6.45, 7) is 4.84. The second kappa shape index (κ2) is 9.40. The van der Waals surface area contributed by atoms with Gasteiger partial charge in [-0.25, -0.2) is 4.39 Å². The Labute approximate surface area is 200 Å². The number of carbonyl (C=O) groups is 1. The molecule has 4 aromatic rings. The van der Waals surface area contributed by atoms with Gasteiger partial charge in [0.25, 0.3) is 5.91 Å². The summed E-state index contributed by atoms with van der Waals surface area (Å²) < 4.78 is 13.5. The number of nitrogens with zero attached hydrogens (tertiary/aromatic N) is 1. The third-order valence-electron chi connectivity index (χ3n) is 6.90. The van der Waals surface area contributed by atoms with Gasteiger partial charge in [-0.05, 0) is 71.5 Å². The predicted molar refractivity (Wildman–Crippen MR) is 136 cm³/mol. The third-order valence-corrected chi connectivity index (χ3v) is 6.90. The Bertz CT molecular complexity index is 1310. The monoisotopic (exact) mass is 452 g/mol. The van der Waals surface area contributed by atoms with E-state index in [2.05, 4.69) is 29.3 Å². The molecule has 0 unspecified atom stereocenters. The zero-order valence-electron chi connectivity index (χ0n) is 19.4. The van der Waals surface area contributed by atoms with Gasteiger partial charge >= 0.3 is 0 Å².